The van der Waals surface area contributed by atoms with E-state index in [2.05, 4.69) is 0 Å². The Labute approximate surface area is 64.0 Å². The summed E-state index contributed by atoms with van der Waals surface area (Å²) in [5, 5.41) is 0. The molecule has 0 radical (unpaired) electrons. The summed E-state index contributed by atoms with van der Waals surface area (Å²) in [5.41, 5.74) is -0.719. The second-order valence-corrected chi connectivity index (χ2v) is 3.13. The van der Waals surface area contributed by atoms with E-state index in [-0.39, 0.29) is 18.0 Å². The summed E-state index contributed by atoms with van der Waals surface area (Å²) in [5.74, 6) is 0.108. The van der Waals surface area contributed by atoms with Gasteiger partial charge in [-0.2, -0.15) is 0 Å². The first kappa shape index (κ1) is 6.58. The van der Waals surface area contributed by atoms with E-state index in [1.165, 1.54) is 0 Å². The maximum atomic E-state index is 11.2. The average molecular weight is 152 g/mol. The fourth-order valence-electron chi connectivity index (χ4n) is 1.37. The van der Waals surface area contributed by atoms with Gasteiger partial charge >= 0.3 is 0 Å². The molecule has 58 valence electrons. The first-order chi connectivity index (χ1) is 5.12. The highest BCUT2D eigenvalue weighted by Gasteiger charge is 2.46. The lowest BCUT2D eigenvalue weighted by molar-refractivity contribution is -0.146. The summed E-state index contributed by atoms with van der Waals surface area (Å²) in [7, 11) is 0. The SMILES string of the molecule is C[C@]12CC=C(O1)C(=O)CC2=O. The molecule has 0 aromatic heterocycles. The Morgan fingerprint density at radius 2 is 2.27 bits per heavy atom. The van der Waals surface area contributed by atoms with Gasteiger partial charge in [-0.15, -0.1) is 0 Å². The number of allylic oxidation sites excluding steroid dienone is 1. The second-order valence-electron chi connectivity index (χ2n) is 3.13. The third-order valence-electron chi connectivity index (χ3n) is 2.20. The zero-order chi connectivity index (χ0) is 8.06. The van der Waals surface area contributed by atoms with Gasteiger partial charge in [-0.25, -0.2) is 0 Å². The van der Waals surface area contributed by atoms with E-state index < -0.39 is 5.60 Å². The Bertz CT molecular complexity index is 277. The van der Waals surface area contributed by atoms with Crippen LogP contribution in [0.3, 0.4) is 0 Å². The van der Waals surface area contributed by atoms with Crippen molar-refractivity contribution in [3.05, 3.63) is 11.8 Å². The Morgan fingerprint density at radius 3 is 3.00 bits per heavy atom. The average Bonchev–Trinajstić information content (AvgIpc) is 2.28. The van der Waals surface area contributed by atoms with Crippen molar-refractivity contribution in [2.45, 2.75) is 25.4 Å². The molecule has 0 amide bonds. The van der Waals surface area contributed by atoms with Crippen LogP contribution in [-0.4, -0.2) is 17.2 Å². The maximum absolute atomic E-state index is 11.2. The highest BCUT2D eigenvalue weighted by atomic mass is 16.5. The number of hydrogen-bond donors (Lipinski definition) is 0. The maximum Gasteiger partial charge on any atom is 0.204 e. The van der Waals surface area contributed by atoms with Crippen LogP contribution in [0.4, 0.5) is 0 Å². The molecule has 2 rings (SSSR count). The van der Waals surface area contributed by atoms with Gasteiger partial charge in [0.15, 0.2) is 17.1 Å². The molecule has 0 aromatic carbocycles. The van der Waals surface area contributed by atoms with E-state index in [9.17, 15) is 9.59 Å². The minimum atomic E-state index is -0.719. The van der Waals surface area contributed by atoms with Crippen LogP contribution in [0.2, 0.25) is 0 Å². The van der Waals surface area contributed by atoms with Crippen molar-refractivity contribution in [2.75, 3.05) is 0 Å². The molecule has 0 spiro atoms. The van der Waals surface area contributed by atoms with Crippen LogP contribution >= 0.6 is 0 Å². The monoisotopic (exact) mass is 152 g/mol. The van der Waals surface area contributed by atoms with Gasteiger partial charge in [0.25, 0.3) is 0 Å². The summed E-state index contributed by atoms with van der Waals surface area (Å²) in [6, 6.07) is 0. The fraction of sp³-hybridized carbons (Fsp3) is 0.500. The number of rotatable bonds is 0. The summed E-state index contributed by atoms with van der Waals surface area (Å²) >= 11 is 0. The van der Waals surface area contributed by atoms with E-state index in [1.807, 2.05) is 0 Å². The Morgan fingerprint density at radius 1 is 1.55 bits per heavy atom. The molecule has 0 aliphatic carbocycles. The van der Waals surface area contributed by atoms with E-state index in [0.717, 1.165) is 0 Å². The summed E-state index contributed by atoms with van der Waals surface area (Å²) in [4.78, 5) is 22.2. The van der Waals surface area contributed by atoms with Crippen molar-refractivity contribution >= 4 is 11.6 Å². The van der Waals surface area contributed by atoms with Crippen molar-refractivity contribution in [1.29, 1.82) is 0 Å². The minimum absolute atomic E-state index is 0.0162. The van der Waals surface area contributed by atoms with E-state index >= 15 is 0 Å². The van der Waals surface area contributed by atoms with E-state index in [4.69, 9.17) is 4.74 Å². The number of fused-ring (bicyclic) bond motifs is 2. The first-order valence-corrected chi connectivity index (χ1v) is 3.57. The van der Waals surface area contributed by atoms with Crippen molar-refractivity contribution in [3.63, 3.8) is 0 Å². The summed E-state index contributed by atoms with van der Waals surface area (Å²) < 4.78 is 5.17. The Kier molecular flexibility index (Phi) is 1.03. The lowest BCUT2D eigenvalue weighted by Crippen LogP contribution is -2.40. The minimum Gasteiger partial charge on any atom is -0.476 e. The van der Waals surface area contributed by atoms with Crippen molar-refractivity contribution < 1.29 is 14.3 Å². The predicted molar refractivity (Wildman–Crippen MR) is 36.8 cm³/mol. The third kappa shape index (κ3) is 0.737. The van der Waals surface area contributed by atoms with E-state index in [1.54, 1.807) is 13.0 Å². The van der Waals surface area contributed by atoms with Gasteiger partial charge in [-0.1, -0.05) is 0 Å². The van der Waals surface area contributed by atoms with Gasteiger partial charge in [0, 0.05) is 6.42 Å². The Hall–Kier alpha value is -1.12. The highest BCUT2D eigenvalue weighted by molar-refractivity contribution is 6.12. The molecule has 3 heteroatoms. The number of hydrogen-bond acceptors (Lipinski definition) is 3. The van der Waals surface area contributed by atoms with Gasteiger partial charge < -0.3 is 4.74 Å². The smallest absolute Gasteiger partial charge is 0.204 e. The molecule has 2 bridgehead atoms. The molecule has 3 nitrogen and oxygen atoms in total. The zero-order valence-electron chi connectivity index (χ0n) is 6.22. The first-order valence-electron chi connectivity index (χ1n) is 3.57. The van der Waals surface area contributed by atoms with Crippen molar-refractivity contribution in [2.24, 2.45) is 0 Å². The normalized spacial score (nSPS) is 35.2. The number of ketones is 2. The third-order valence-corrected chi connectivity index (χ3v) is 2.20. The molecule has 2 aliphatic heterocycles. The molecule has 1 saturated heterocycles. The summed E-state index contributed by atoms with van der Waals surface area (Å²) in [6.07, 6.45) is 2.27. The van der Waals surface area contributed by atoms with Gasteiger partial charge in [0.2, 0.25) is 5.78 Å². The van der Waals surface area contributed by atoms with Gasteiger partial charge in [0.1, 0.15) is 0 Å². The molecular weight excluding hydrogens is 144 g/mol. The number of ether oxygens (including phenoxy) is 1. The van der Waals surface area contributed by atoms with Gasteiger partial charge in [-0.05, 0) is 13.0 Å². The fourth-order valence-corrected chi connectivity index (χ4v) is 1.37. The molecule has 0 saturated carbocycles. The molecule has 1 fully saturated rings. The molecule has 0 aromatic rings. The topological polar surface area (TPSA) is 43.4 Å². The van der Waals surface area contributed by atoms with Crippen molar-refractivity contribution in [1.82, 2.24) is 0 Å². The largest absolute Gasteiger partial charge is 0.476 e. The molecule has 11 heavy (non-hydrogen) atoms. The number of carbonyl (C=O) groups is 2. The van der Waals surface area contributed by atoms with Crippen LogP contribution in [0.1, 0.15) is 19.8 Å². The van der Waals surface area contributed by atoms with Crippen LogP contribution < -0.4 is 0 Å². The number of Topliss-reactive ketones (excluding diaryl/α,β-unsaturated/α-hetero) is 2. The lowest BCUT2D eigenvalue weighted by Gasteiger charge is -2.26. The van der Waals surface area contributed by atoms with Crippen LogP contribution in [0, 0.1) is 0 Å². The van der Waals surface area contributed by atoms with E-state index in [0.29, 0.717) is 12.2 Å². The zero-order valence-corrected chi connectivity index (χ0v) is 6.22. The van der Waals surface area contributed by atoms with Crippen LogP contribution in [0.5, 0.6) is 0 Å². The van der Waals surface area contributed by atoms with Gasteiger partial charge in [0.05, 0.1) is 6.42 Å². The van der Waals surface area contributed by atoms with Crippen molar-refractivity contribution in [3.8, 4) is 0 Å². The molecule has 0 N–H and O–H groups in total. The predicted octanol–water partition coefficient (Wildman–Crippen LogP) is 0.591. The molecule has 1 atom stereocenters. The quantitative estimate of drug-likeness (QED) is 0.477. The standard InChI is InChI=1S/C8H8O3/c1-8-3-2-6(11-8)5(9)4-7(8)10/h2H,3-4H2,1H3/t8-/m1/s1. The van der Waals surface area contributed by atoms with Crippen LogP contribution in [0.25, 0.3) is 0 Å². The molecule has 0 unspecified atom stereocenters. The van der Waals surface area contributed by atoms with Crippen LogP contribution in [-0.2, 0) is 14.3 Å². The number of carbonyl (C=O) groups excluding carboxylic acids is 2. The molecular formula is C8H8O3. The second kappa shape index (κ2) is 1.72. The molecule has 2 heterocycles. The summed E-state index contributed by atoms with van der Waals surface area (Å²) in [6.45, 7) is 1.73. The Balaban J connectivity index is 2.40. The van der Waals surface area contributed by atoms with Crippen LogP contribution in [0.15, 0.2) is 11.8 Å². The van der Waals surface area contributed by atoms with Gasteiger partial charge in [-0.3, -0.25) is 9.59 Å². The highest BCUT2D eigenvalue weighted by Crippen LogP contribution is 2.35. The lowest BCUT2D eigenvalue weighted by atomic mass is 9.95. The molecule has 2 aliphatic rings.